The minimum Gasteiger partial charge on any atom is -0.326 e. The fraction of sp³-hybridized carbons (Fsp3) is 0.565. The fourth-order valence-electron chi connectivity index (χ4n) is 5.00. The number of benzene rings is 1. The summed E-state index contributed by atoms with van der Waals surface area (Å²) in [6.07, 6.45) is 7.02. The number of hydrogen-bond acceptors (Lipinski definition) is 2. The van der Waals surface area contributed by atoms with Crippen molar-refractivity contribution < 1.29 is 9.69 Å². The lowest BCUT2D eigenvalue weighted by Gasteiger charge is -2.29. The van der Waals surface area contributed by atoms with Gasteiger partial charge in [-0.25, -0.2) is 0 Å². The summed E-state index contributed by atoms with van der Waals surface area (Å²) in [6, 6.07) is 10.3. The molecule has 0 atom stereocenters. The highest BCUT2D eigenvalue weighted by Gasteiger charge is 2.29. The SMILES string of the molecule is Cc1c(C)n(C2CCCC2)c(=S)n1C[NH+]1CCC(C(=O)Nc2ccccc2)CC1. The van der Waals surface area contributed by atoms with Crippen molar-refractivity contribution in [1.82, 2.24) is 9.13 Å². The Balaban J connectivity index is 1.37. The van der Waals surface area contributed by atoms with Gasteiger partial charge in [-0.2, -0.15) is 0 Å². The third kappa shape index (κ3) is 4.33. The number of quaternary nitrogens is 1. The zero-order chi connectivity index (χ0) is 20.4. The van der Waals surface area contributed by atoms with Crippen molar-refractivity contribution in [2.45, 2.75) is 65.1 Å². The van der Waals surface area contributed by atoms with E-state index in [4.69, 9.17) is 12.2 Å². The van der Waals surface area contributed by atoms with Crippen LogP contribution in [-0.4, -0.2) is 28.1 Å². The average Bonchev–Trinajstić information content (AvgIpc) is 3.33. The van der Waals surface area contributed by atoms with Crippen molar-refractivity contribution in [2.24, 2.45) is 5.92 Å². The molecule has 1 aromatic heterocycles. The first kappa shape index (κ1) is 20.4. The van der Waals surface area contributed by atoms with Crippen LogP contribution in [0.2, 0.25) is 0 Å². The second-order valence-corrected chi connectivity index (χ2v) is 9.09. The number of hydrogen-bond donors (Lipinski definition) is 2. The van der Waals surface area contributed by atoms with E-state index in [1.807, 2.05) is 30.3 Å². The molecule has 1 aliphatic carbocycles. The van der Waals surface area contributed by atoms with Crippen molar-refractivity contribution in [3.63, 3.8) is 0 Å². The normalized spacial score (nSPS) is 22.7. The number of carbonyl (C=O) groups is 1. The molecule has 2 aliphatic rings. The first-order valence-electron chi connectivity index (χ1n) is 11.0. The van der Waals surface area contributed by atoms with E-state index in [2.05, 4.69) is 28.3 Å². The number of nitrogens with zero attached hydrogens (tertiary/aromatic N) is 2. The molecule has 2 N–H and O–H groups in total. The molecule has 0 unspecified atom stereocenters. The maximum atomic E-state index is 12.6. The van der Waals surface area contributed by atoms with Crippen molar-refractivity contribution in [3.05, 3.63) is 46.5 Å². The van der Waals surface area contributed by atoms with Gasteiger partial charge in [0.15, 0.2) is 11.4 Å². The molecule has 29 heavy (non-hydrogen) atoms. The molecule has 1 aromatic carbocycles. The first-order chi connectivity index (χ1) is 14.0. The predicted octanol–water partition coefficient (Wildman–Crippen LogP) is 3.64. The summed E-state index contributed by atoms with van der Waals surface area (Å²) >= 11 is 5.89. The van der Waals surface area contributed by atoms with E-state index in [1.165, 1.54) is 42.0 Å². The Bertz CT molecular complexity index is 903. The molecule has 1 aliphatic heterocycles. The fourth-order valence-corrected chi connectivity index (χ4v) is 5.49. The Kier molecular flexibility index (Phi) is 6.20. The van der Waals surface area contributed by atoms with Gasteiger partial charge in [-0.05, 0) is 51.0 Å². The van der Waals surface area contributed by atoms with Gasteiger partial charge in [0.2, 0.25) is 5.91 Å². The zero-order valence-electron chi connectivity index (χ0n) is 17.6. The van der Waals surface area contributed by atoms with Crippen LogP contribution in [0.15, 0.2) is 30.3 Å². The summed E-state index contributed by atoms with van der Waals surface area (Å²) in [5, 5.41) is 3.06. The van der Waals surface area contributed by atoms with Crippen molar-refractivity contribution in [3.8, 4) is 0 Å². The number of likely N-dealkylation sites (tertiary alicyclic amines) is 1. The lowest BCUT2D eigenvalue weighted by molar-refractivity contribution is -0.928. The van der Waals surface area contributed by atoms with E-state index >= 15 is 0 Å². The van der Waals surface area contributed by atoms with Crippen LogP contribution in [0.25, 0.3) is 0 Å². The summed E-state index contributed by atoms with van der Waals surface area (Å²) in [7, 11) is 0. The van der Waals surface area contributed by atoms with E-state index in [0.29, 0.717) is 6.04 Å². The summed E-state index contributed by atoms with van der Waals surface area (Å²) in [4.78, 5) is 14.1. The molecule has 0 radical (unpaired) electrons. The highest BCUT2D eigenvalue weighted by molar-refractivity contribution is 7.71. The summed E-state index contributed by atoms with van der Waals surface area (Å²) < 4.78 is 5.74. The van der Waals surface area contributed by atoms with Gasteiger partial charge in [-0.3, -0.25) is 9.36 Å². The van der Waals surface area contributed by atoms with Crippen molar-refractivity contribution in [2.75, 3.05) is 18.4 Å². The predicted molar refractivity (Wildman–Crippen MR) is 119 cm³/mol. The number of carbonyl (C=O) groups excluding carboxylic acids is 1. The van der Waals surface area contributed by atoms with Crippen LogP contribution in [0.3, 0.4) is 0 Å². The highest BCUT2D eigenvalue weighted by Crippen LogP contribution is 2.32. The molecule has 6 heteroatoms. The van der Waals surface area contributed by atoms with E-state index in [9.17, 15) is 4.79 Å². The third-order valence-electron chi connectivity index (χ3n) is 6.90. The summed E-state index contributed by atoms with van der Waals surface area (Å²) in [6.45, 7) is 7.37. The van der Waals surface area contributed by atoms with Gasteiger partial charge >= 0.3 is 0 Å². The summed E-state index contributed by atoms with van der Waals surface area (Å²) in [5.74, 6) is 0.268. The number of anilines is 1. The minimum atomic E-state index is 0.109. The molecule has 0 bridgehead atoms. The molecule has 156 valence electrons. The molecule has 1 saturated carbocycles. The van der Waals surface area contributed by atoms with Crippen molar-refractivity contribution >= 4 is 23.8 Å². The molecule has 4 rings (SSSR count). The second-order valence-electron chi connectivity index (χ2n) is 8.73. The van der Waals surface area contributed by atoms with E-state index < -0.39 is 0 Å². The van der Waals surface area contributed by atoms with Gasteiger partial charge in [0.25, 0.3) is 0 Å². The van der Waals surface area contributed by atoms with Gasteiger partial charge in [0.1, 0.15) is 0 Å². The van der Waals surface area contributed by atoms with Gasteiger partial charge < -0.3 is 14.8 Å². The van der Waals surface area contributed by atoms with Gasteiger partial charge in [0.05, 0.1) is 13.1 Å². The standard InChI is InChI=1S/C23H32N4OS/c1-17-18(2)27(21-10-6-7-11-21)23(29)26(17)16-25-14-12-19(13-15-25)22(28)24-20-8-4-3-5-9-20/h3-5,8-9,19,21H,6-7,10-16H2,1-2H3,(H,24,28)/p+1. The van der Waals surface area contributed by atoms with Crippen LogP contribution in [0.1, 0.15) is 56.0 Å². The molecule has 1 saturated heterocycles. The highest BCUT2D eigenvalue weighted by atomic mass is 32.1. The maximum absolute atomic E-state index is 12.6. The Morgan fingerprint density at radius 3 is 2.38 bits per heavy atom. The van der Waals surface area contributed by atoms with E-state index in [1.54, 1.807) is 0 Å². The zero-order valence-corrected chi connectivity index (χ0v) is 18.4. The topological polar surface area (TPSA) is 43.4 Å². The lowest BCUT2D eigenvalue weighted by atomic mass is 9.96. The average molecular weight is 414 g/mol. The number of amides is 1. The van der Waals surface area contributed by atoms with Crippen LogP contribution >= 0.6 is 12.2 Å². The van der Waals surface area contributed by atoms with Crippen LogP contribution in [0, 0.1) is 24.5 Å². The van der Waals surface area contributed by atoms with Crippen LogP contribution in [0.4, 0.5) is 5.69 Å². The second kappa shape index (κ2) is 8.84. The monoisotopic (exact) mass is 413 g/mol. The number of piperidine rings is 1. The van der Waals surface area contributed by atoms with Gasteiger partial charge in [-0.15, -0.1) is 0 Å². The number of aromatic nitrogens is 2. The van der Waals surface area contributed by atoms with Crippen LogP contribution in [-0.2, 0) is 11.5 Å². The Labute approximate surface area is 178 Å². The molecule has 2 fully saturated rings. The molecular weight excluding hydrogens is 380 g/mol. The molecule has 0 spiro atoms. The smallest absolute Gasteiger partial charge is 0.227 e. The Hall–Kier alpha value is -1.92. The molecule has 2 aromatic rings. The lowest BCUT2D eigenvalue weighted by Crippen LogP contribution is -3.12. The van der Waals surface area contributed by atoms with E-state index in [0.717, 1.165) is 43.1 Å². The van der Waals surface area contributed by atoms with Gasteiger partial charge in [0, 0.05) is 41.9 Å². The Morgan fingerprint density at radius 2 is 1.72 bits per heavy atom. The molecular formula is C23H33N4OS+. The van der Waals surface area contributed by atoms with Gasteiger partial charge in [-0.1, -0.05) is 31.0 Å². The number of rotatable bonds is 5. The largest absolute Gasteiger partial charge is 0.326 e. The minimum absolute atomic E-state index is 0.109. The molecule has 2 heterocycles. The van der Waals surface area contributed by atoms with Crippen molar-refractivity contribution in [1.29, 1.82) is 0 Å². The maximum Gasteiger partial charge on any atom is 0.227 e. The number of nitrogens with one attached hydrogen (secondary N) is 2. The number of para-hydroxylation sites is 1. The molecule has 5 nitrogen and oxygen atoms in total. The quantitative estimate of drug-likeness (QED) is 0.735. The third-order valence-corrected chi connectivity index (χ3v) is 7.32. The Morgan fingerprint density at radius 1 is 1.07 bits per heavy atom. The molecule has 1 amide bonds. The first-order valence-corrected chi connectivity index (χ1v) is 11.4. The van der Waals surface area contributed by atoms with Crippen LogP contribution < -0.4 is 10.2 Å². The number of imidazole rings is 1. The van der Waals surface area contributed by atoms with E-state index in [-0.39, 0.29) is 11.8 Å². The summed E-state index contributed by atoms with van der Waals surface area (Å²) in [5.41, 5.74) is 3.52. The van der Waals surface area contributed by atoms with Crippen LogP contribution in [0.5, 0.6) is 0 Å².